The molecule has 30 heavy (non-hydrogen) atoms. The Kier molecular flexibility index (Phi) is 4.91. The van der Waals surface area contributed by atoms with Gasteiger partial charge in [0.25, 0.3) is 0 Å². The van der Waals surface area contributed by atoms with Crippen LogP contribution in [0.3, 0.4) is 0 Å². The lowest BCUT2D eigenvalue weighted by Gasteiger charge is -2.10. The van der Waals surface area contributed by atoms with E-state index in [1.165, 1.54) is 0 Å². The maximum Gasteiger partial charge on any atom is 0.219 e. The molecule has 1 fully saturated rings. The summed E-state index contributed by atoms with van der Waals surface area (Å²) in [7, 11) is 1.63. The zero-order chi connectivity index (χ0) is 20.5. The third-order valence-electron chi connectivity index (χ3n) is 5.03. The van der Waals surface area contributed by atoms with Crippen LogP contribution in [-0.4, -0.2) is 43.5 Å². The van der Waals surface area contributed by atoms with Gasteiger partial charge in [0.1, 0.15) is 15.8 Å². The molecule has 1 aliphatic rings. The van der Waals surface area contributed by atoms with Crippen molar-refractivity contribution in [2.75, 3.05) is 19.0 Å². The zero-order valence-corrected chi connectivity index (χ0v) is 17.5. The fourth-order valence-corrected chi connectivity index (χ4v) is 4.05. The highest BCUT2D eigenvalue weighted by Crippen LogP contribution is 2.47. The van der Waals surface area contributed by atoms with E-state index < -0.39 is 0 Å². The molecule has 1 N–H and O–H groups in total. The van der Waals surface area contributed by atoms with Crippen molar-refractivity contribution >= 4 is 22.8 Å². The number of hydrogen-bond acceptors (Lipinski definition) is 9. The molecular weight excluding hydrogens is 402 g/mol. The summed E-state index contributed by atoms with van der Waals surface area (Å²) in [6.45, 7) is 3.10. The Morgan fingerprint density at radius 1 is 1.20 bits per heavy atom. The molecule has 1 aliphatic carbocycles. The Morgan fingerprint density at radius 3 is 2.97 bits per heavy atom. The van der Waals surface area contributed by atoms with Gasteiger partial charge >= 0.3 is 0 Å². The number of ether oxygens (including phenoxy) is 2. The van der Waals surface area contributed by atoms with E-state index in [1.54, 1.807) is 29.2 Å². The number of pyridine rings is 1. The summed E-state index contributed by atoms with van der Waals surface area (Å²) >= 11 is 1.57. The zero-order valence-electron chi connectivity index (χ0n) is 16.6. The van der Waals surface area contributed by atoms with E-state index in [9.17, 15) is 0 Å². The van der Waals surface area contributed by atoms with Crippen LogP contribution < -0.4 is 14.8 Å². The highest BCUT2D eigenvalue weighted by atomic mass is 32.1. The standard InChI is InChI=1S/C20H21N7O2S/c1-12-25-26-20(30-12)10-21-17-9-19(24-16-6-7-22-27(16)17)29-11-13-8-14(13)15-4-3-5-18(23-15)28-2/h3-7,9,13-14,21H,8,10-11H2,1-2H3/t13-,14+/m1/s1. The van der Waals surface area contributed by atoms with Crippen molar-refractivity contribution in [3.8, 4) is 11.8 Å². The first kappa shape index (κ1) is 18.7. The molecule has 4 aromatic rings. The van der Waals surface area contributed by atoms with E-state index in [0.717, 1.165) is 33.6 Å². The predicted molar refractivity (Wildman–Crippen MR) is 112 cm³/mol. The second kappa shape index (κ2) is 7.86. The number of hydrogen-bond donors (Lipinski definition) is 1. The van der Waals surface area contributed by atoms with E-state index in [0.29, 0.717) is 36.7 Å². The molecule has 0 saturated heterocycles. The SMILES string of the molecule is COc1cccc([C@H]2C[C@@H]2COc2cc(NCc3nnc(C)s3)n3nccc3n2)n1. The summed E-state index contributed by atoms with van der Waals surface area (Å²) in [6, 6.07) is 9.60. The van der Waals surface area contributed by atoms with Crippen LogP contribution in [0.25, 0.3) is 5.65 Å². The molecular formula is C20H21N7O2S. The van der Waals surface area contributed by atoms with Gasteiger partial charge in [0.2, 0.25) is 11.8 Å². The number of methoxy groups -OCH3 is 1. The van der Waals surface area contributed by atoms with Gasteiger partial charge in [-0.2, -0.15) is 14.6 Å². The largest absolute Gasteiger partial charge is 0.481 e. The summed E-state index contributed by atoms with van der Waals surface area (Å²) in [5.41, 5.74) is 1.78. The van der Waals surface area contributed by atoms with E-state index in [4.69, 9.17) is 9.47 Å². The van der Waals surface area contributed by atoms with Crippen molar-refractivity contribution in [1.82, 2.24) is 29.8 Å². The van der Waals surface area contributed by atoms with Gasteiger partial charge in [0.05, 0.1) is 26.5 Å². The van der Waals surface area contributed by atoms with Crippen LogP contribution in [0.2, 0.25) is 0 Å². The third-order valence-corrected chi connectivity index (χ3v) is 5.87. The fourth-order valence-electron chi connectivity index (χ4n) is 3.40. The van der Waals surface area contributed by atoms with E-state index in [1.807, 2.05) is 37.3 Å². The molecule has 0 unspecified atom stereocenters. The average molecular weight is 424 g/mol. The fraction of sp³-hybridized carbons (Fsp3) is 0.350. The third kappa shape index (κ3) is 3.90. The van der Waals surface area contributed by atoms with Crippen LogP contribution >= 0.6 is 11.3 Å². The Bertz CT molecular complexity index is 1170. The number of nitrogens with one attached hydrogen (secondary N) is 1. The van der Waals surface area contributed by atoms with Crippen molar-refractivity contribution in [3.05, 3.63) is 52.2 Å². The van der Waals surface area contributed by atoms with Gasteiger partial charge in [0, 0.05) is 35.7 Å². The minimum atomic E-state index is 0.400. The molecule has 10 heteroatoms. The lowest BCUT2D eigenvalue weighted by atomic mass is 10.2. The normalized spacial score (nSPS) is 17.8. The van der Waals surface area contributed by atoms with Gasteiger partial charge < -0.3 is 14.8 Å². The second-order valence-electron chi connectivity index (χ2n) is 7.17. The highest BCUT2D eigenvalue weighted by molar-refractivity contribution is 7.11. The first-order valence-electron chi connectivity index (χ1n) is 9.71. The number of fused-ring (bicyclic) bond motifs is 1. The Balaban J connectivity index is 1.26. The topological polar surface area (TPSA) is 99.4 Å². The van der Waals surface area contributed by atoms with Crippen LogP contribution in [0, 0.1) is 12.8 Å². The predicted octanol–water partition coefficient (Wildman–Crippen LogP) is 3.09. The summed E-state index contributed by atoms with van der Waals surface area (Å²) in [5.74, 6) is 2.84. The lowest BCUT2D eigenvalue weighted by molar-refractivity contribution is 0.286. The molecule has 0 bridgehead atoms. The highest BCUT2D eigenvalue weighted by Gasteiger charge is 2.40. The minimum absolute atomic E-state index is 0.400. The molecule has 1 saturated carbocycles. The van der Waals surface area contributed by atoms with E-state index >= 15 is 0 Å². The molecule has 154 valence electrons. The average Bonchev–Trinajstić information content (AvgIpc) is 3.17. The van der Waals surface area contributed by atoms with Gasteiger partial charge in [-0.25, -0.2) is 4.98 Å². The summed E-state index contributed by atoms with van der Waals surface area (Å²) in [5, 5.41) is 17.8. The second-order valence-corrected chi connectivity index (χ2v) is 8.43. The first-order valence-corrected chi connectivity index (χ1v) is 10.5. The molecule has 5 rings (SSSR count). The van der Waals surface area contributed by atoms with E-state index in [2.05, 4.69) is 30.6 Å². The maximum atomic E-state index is 6.04. The number of nitrogens with zero attached hydrogens (tertiary/aromatic N) is 6. The quantitative estimate of drug-likeness (QED) is 0.462. The summed E-state index contributed by atoms with van der Waals surface area (Å²) < 4.78 is 13.0. The summed E-state index contributed by atoms with van der Waals surface area (Å²) in [6.07, 6.45) is 2.77. The van der Waals surface area contributed by atoms with Gasteiger partial charge in [-0.05, 0) is 19.4 Å². The first-order chi connectivity index (χ1) is 14.7. The van der Waals surface area contributed by atoms with Crippen LogP contribution in [0.5, 0.6) is 11.8 Å². The van der Waals surface area contributed by atoms with Gasteiger partial charge in [-0.3, -0.25) is 0 Å². The molecule has 9 nitrogen and oxygen atoms in total. The Labute approximate surface area is 177 Å². The maximum absolute atomic E-state index is 6.04. The number of aryl methyl sites for hydroxylation is 1. The van der Waals surface area contributed by atoms with Crippen molar-refractivity contribution in [1.29, 1.82) is 0 Å². The van der Waals surface area contributed by atoms with Crippen molar-refractivity contribution < 1.29 is 9.47 Å². The molecule has 4 aromatic heterocycles. The monoisotopic (exact) mass is 423 g/mol. The summed E-state index contributed by atoms with van der Waals surface area (Å²) in [4.78, 5) is 9.09. The molecule has 0 amide bonds. The molecule has 2 atom stereocenters. The number of anilines is 1. The van der Waals surface area contributed by atoms with Crippen molar-refractivity contribution in [2.45, 2.75) is 25.8 Å². The van der Waals surface area contributed by atoms with Crippen molar-refractivity contribution in [2.24, 2.45) is 5.92 Å². The minimum Gasteiger partial charge on any atom is -0.481 e. The van der Waals surface area contributed by atoms with Gasteiger partial charge in [-0.15, -0.1) is 10.2 Å². The Morgan fingerprint density at radius 2 is 2.13 bits per heavy atom. The van der Waals surface area contributed by atoms with Gasteiger partial charge in [0.15, 0.2) is 5.65 Å². The van der Waals surface area contributed by atoms with Crippen molar-refractivity contribution in [3.63, 3.8) is 0 Å². The van der Waals surface area contributed by atoms with Gasteiger partial charge in [-0.1, -0.05) is 17.4 Å². The van der Waals surface area contributed by atoms with Crippen LogP contribution in [-0.2, 0) is 6.54 Å². The molecule has 0 aliphatic heterocycles. The number of rotatable bonds is 8. The smallest absolute Gasteiger partial charge is 0.219 e. The van der Waals surface area contributed by atoms with Crippen LogP contribution in [0.4, 0.5) is 5.82 Å². The molecule has 0 radical (unpaired) electrons. The molecule has 0 aromatic carbocycles. The lowest BCUT2D eigenvalue weighted by Crippen LogP contribution is -2.08. The van der Waals surface area contributed by atoms with Crippen LogP contribution in [0.1, 0.15) is 28.0 Å². The van der Waals surface area contributed by atoms with E-state index in [-0.39, 0.29) is 0 Å². The molecule has 4 heterocycles. The van der Waals surface area contributed by atoms with Crippen LogP contribution in [0.15, 0.2) is 36.5 Å². The molecule has 0 spiro atoms. The number of aromatic nitrogens is 6. The Hall–Kier alpha value is -3.27.